The summed E-state index contributed by atoms with van der Waals surface area (Å²) in [5.74, 6) is -3.13. The normalized spacial score (nSPS) is 15.8. The first-order valence-corrected chi connectivity index (χ1v) is 14.2. The standard InChI is InChI=1S/C29H46N6O5/c1-5-17(3)24(31)27(37)34-23(15-19-16-32-21-12-8-7-11-20(19)21)26(36)35-25(18(4)6-2)28(38)33-22(29(39)40)13-9-10-14-30/h7-8,11-12,16-18,22-25,32H,5-6,9-10,13-15,30-31H2,1-4H3,(H,33,38)(H,34,37)(H,35,36)(H,39,40). The molecular weight excluding hydrogens is 512 g/mol. The number of carboxylic acids is 1. The predicted molar refractivity (Wildman–Crippen MR) is 155 cm³/mol. The predicted octanol–water partition coefficient (Wildman–Crippen LogP) is 1.80. The van der Waals surface area contributed by atoms with E-state index in [1.54, 1.807) is 13.1 Å². The second-order valence-electron chi connectivity index (χ2n) is 10.6. The van der Waals surface area contributed by atoms with E-state index in [2.05, 4.69) is 20.9 Å². The number of amides is 3. The maximum Gasteiger partial charge on any atom is 0.326 e. The SMILES string of the molecule is CCC(C)C(N)C(=O)NC(Cc1c[nH]c2ccccc12)C(=O)NC(C(=O)NC(CCCCN)C(=O)O)C(C)CC. The highest BCUT2D eigenvalue weighted by atomic mass is 16.4. The Kier molecular flexibility index (Phi) is 13.1. The van der Waals surface area contributed by atoms with E-state index in [0.717, 1.165) is 16.5 Å². The van der Waals surface area contributed by atoms with Crippen LogP contribution in [0.25, 0.3) is 10.9 Å². The molecule has 1 aromatic carbocycles. The van der Waals surface area contributed by atoms with Gasteiger partial charge in [-0.1, -0.05) is 58.7 Å². The van der Waals surface area contributed by atoms with E-state index in [1.807, 2.05) is 45.0 Å². The average Bonchev–Trinajstić information content (AvgIpc) is 3.36. The lowest BCUT2D eigenvalue weighted by atomic mass is 9.96. The molecule has 6 atom stereocenters. The Hall–Kier alpha value is -3.44. The van der Waals surface area contributed by atoms with Gasteiger partial charge < -0.3 is 37.5 Å². The maximum absolute atomic E-state index is 13.7. The van der Waals surface area contributed by atoms with Gasteiger partial charge in [0.05, 0.1) is 6.04 Å². The third kappa shape index (κ3) is 9.06. The van der Waals surface area contributed by atoms with Gasteiger partial charge in [0.25, 0.3) is 0 Å². The number of rotatable bonds is 17. The van der Waals surface area contributed by atoms with Crippen LogP contribution in [0.1, 0.15) is 65.4 Å². The van der Waals surface area contributed by atoms with Crippen LogP contribution in [0.4, 0.5) is 0 Å². The number of fused-ring (bicyclic) bond motifs is 1. The molecule has 40 heavy (non-hydrogen) atoms. The largest absolute Gasteiger partial charge is 0.480 e. The van der Waals surface area contributed by atoms with E-state index < -0.39 is 47.9 Å². The van der Waals surface area contributed by atoms with Crippen molar-refractivity contribution in [3.05, 3.63) is 36.0 Å². The van der Waals surface area contributed by atoms with Crippen molar-refractivity contribution in [3.63, 3.8) is 0 Å². The number of aliphatic carboxylic acids is 1. The fraction of sp³-hybridized carbons (Fsp3) is 0.586. The molecule has 1 aromatic heterocycles. The first-order valence-electron chi connectivity index (χ1n) is 14.2. The number of hydrogen-bond donors (Lipinski definition) is 7. The van der Waals surface area contributed by atoms with E-state index in [9.17, 15) is 24.3 Å². The van der Waals surface area contributed by atoms with Crippen LogP contribution in [0.5, 0.6) is 0 Å². The lowest BCUT2D eigenvalue weighted by Gasteiger charge is -2.28. The van der Waals surface area contributed by atoms with Crippen LogP contribution < -0.4 is 27.4 Å². The number of carbonyl (C=O) groups excluding carboxylic acids is 3. The van der Waals surface area contributed by atoms with Gasteiger partial charge in [-0.25, -0.2) is 4.79 Å². The molecule has 0 aliphatic carbocycles. The quantitative estimate of drug-likeness (QED) is 0.144. The molecule has 0 bridgehead atoms. The molecule has 2 rings (SSSR count). The number of nitrogens with two attached hydrogens (primary N) is 2. The molecule has 3 amide bonds. The lowest BCUT2D eigenvalue weighted by molar-refractivity contribution is -0.143. The van der Waals surface area contributed by atoms with Crippen LogP contribution >= 0.6 is 0 Å². The molecule has 0 aliphatic rings. The van der Waals surface area contributed by atoms with Crippen molar-refractivity contribution in [1.82, 2.24) is 20.9 Å². The third-order valence-electron chi connectivity index (χ3n) is 7.65. The van der Waals surface area contributed by atoms with Gasteiger partial charge in [0.1, 0.15) is 18.1 Å². The minimum atomic E-state index is -1.15. The molecule has 0 saturated carbocycles. The molecular formula is C29H46N6O5. The van der Waals surface area contributed by atoms with E-state index in [4.69, 9.17) is 11.5 Å². The van der Waals surface area contributed by atoms with Crippen LogP contribution in [0, 0.1) is 11.8 Å². The second-order valence-corrected chi connectivity index (χ2v) is 10.6. The number of benzene rings is 1. The molecule has 0 radical (unpaired) electrons. The number of unbranched alkanes of at least 4 members (excludes halogenated alkanes) is 1. The van der Waals surface area contributed by atoms with Crippen molar-refractivity contribution in [2.75, 3.05) is 6.54 Å². The van der Waals surface area contributed by atoms with Crippen molar-refractivity contribution in [3.8, 4) is 0 Å². The summed E-state index contributed by atoms with van der Waals surface area (Å²) in [6.45, 7) is 7.92. The Balaban J connectivity index is 2.30. The molecule has 6 unspecified atom stereocenters. The smallest absolute Gasteiger partial charge is 0.326 e. The van der Waals surface area contributed by atoms with Gasteiger partial charge in [-0.15, -0.1) is 0 Å². The Morgan fingerprint density at radius 2 is 1.55 bits per heavy atom. The van der Waals surface area contributed by atoms with Gasteiger partial charge in [0.15, 0.2) is 0 Å². The zero-order valence-electron chi connectivity index (χ0n) is 24.0. The molecule has 0 fully saturated rings. The topological polar surface area (TPSA) is 192 Å². The minimum Gasteiger partial charge on any atom is -0.480 e. The number of nitrogens with one attached hydrogen (secondary N) is 4. The monoisotopic (exact) mass is 558 g/mol. The number of H-pyrrole nitrogens is 1. The van der Waals surface area contributed by atoms with Gasteiger partial charge in [0, 0.05) is 23.5 Å². The van der Waals surface area contributed by atoms with Crippen LogP contribution in [-0.2, 0) is 25.6 Å². The highest BCUT2D eigenvalue weighted by Crippen LogP contribution is 2.20. The van der Waals surface area contributed by atoms with Gasteiger partial charge >= 0.3 is 5.97 Å². The van der Waals surface area contributed by atoms with Gasteiger partial charge in [0.2, 0.25) is 17.7 Å². The van der Waals surface area contributed by atoms with Crippen LogP contribution in [0.15, 0.2) is 30.5 Å². The molecule has 0 aliphatic heterocycles. The fourth-order valence-electron chi connectivity index (χ4n) is 4.48. The number of para-hydroxylation sites is 1. The van der Waals surface area contributed by atoms with Crippen LogP contribution in [-0.4, -0.2) is 64.5 Å². The summed E-state index contributed by atoms with van der Waals surface area (Å²) in [6.07, 6.45) is 4.63. The zero-order valence-corrected chi connectivity index (χ0v) is 24.0. The van der Waals surface area contributed by atoms with Crippen molar-refractivity contribution in [2.24, 2.45) is 23.3 Å². The highest BCUT2D eigenvalue weighted by Gasteiger charge is 2.33. The van der Waals surface area contributed by atoms with Crippen LogP contribution in [0.2, 0.25) is 0 Å². The van der Waals surface area contributed by atoms with Gasteiger partial charge in [-0.2, -0.15) is 0 Å². The van der Waals surface area contributed by atoms with E-state index in [1.165, 1.54) is 0 Å². The van der Waals surface area contributed by atoms with Crippen molar-refractivity contribution in [1.29, 1.82) is 0 Å². The molecule has 1 heterocycles. The van der Waals surface area contributed by atoms with Crippen molar-refractivity contribution >= 4 is 34.6 Å². The van der Waals surface area contributed by atoms with Gasteiger partial charge in [-0.05, 0) is 49.3 Å². The first-order chi connectivity index (χ1) is 19.0. The van der Waals surface area contributed by atoms with Crippen molar-refractivity contribution in [2.45, 2.75) is 90.4 Å². The molecule has 0 spiro atoms. The van der Waals surface area contributed by atoms with Crippen molar-refractivity contribution < 1.29 is 24.3 Å². The van der Waals surface area contributed by atoms with Crippen LogP contribution in [0.3, 0.4) is 0 Å². The molecule has 11 heteroatoms. The summed E-state index contributed by atoms with van der Waals surface area (Å²) in [7, 11) is 0. The molecule has 11 nitrogen and oxygen atoms in total. The lowest BCUT2D eigenvalue weighted by Crippen LogP contribution is -2.59. The summed E-state index contributed by atoms with van der Waals surface area (Å²) >= 11 is 0. The van der Waals surface area contributed by atoms with E-state index >= 15 is 0 Å². The summed E-state index contributed by atoms with van der Waals surface area (Å²) < 4.78 is 0. The zero-order chi connectivity index (χ0) is 29.8. The average molecular weight is 559 g/mol. The first kappa shape index (κ1) is 32.8. The minimum absolute atomic E-state index is 0.0948. The summed E-state index contributed by atoms with van der Waals surface area (Å²) in [5, 5.41) is 18.7. The summed E-state index contributed by atoms with van der Waals surface area (Å²) in [4.78, 5) is 54.9. The number of carboxylic acid groups (broad SMARTS) is 1. The maximum atomic E-state index is 13.7. The molecule has 0 saturated heterocycles. The Labute approximate surface area is 236 Å². The summed E-state index contributed by atoms with van der Waals surface area (Å²) in [6, 6.07) is 3.72. The van der Waals surface area contributed by atoms with E-state index in [0.29, 0.717) is 32.2 Å². The van der Waals surface area contributed by atoms with Gasteiger partial charge in [-0.3, -0.25) is 14.4 Å². The molecule has 222 valence electrons. The number of aromatic amines is 1. The fourth-order valence-corrected chi connectivity index (χ4v) is 4.48. The Morgan fingerprint density at radius 1 is 0.900 bits per heavy atom. The molecule has 9 N–H and O–H groups in total. The van der Waals surface area contributed by atoms with E-state index in [-0.39, 0.29) is 24.7 Å². The number of aromatic nitrogens is 1. The molecule has 2 aromatic rings. The second kappa shape index (κ2) is 16.0. The highest BCUT2D eigenvalue weighted by molar-refractivity contribution is 5.95. The number of carbonyl (C=O) groups is 4. The Morgan fingerprint density at radius 3 is 2.17 bits per heavy atom. The third-order valence-corrected chi connectivity index (χ3v) is 7.65. The summed E-state index contributed by atoms with van der Waals surface area (Å²) in [5.41, 5.74) is 13.4. The number of hydrogen-bond acceptors (Lipinski definition) is 6. The Bertz CT molecular complexity index is 1140.